The summed E-state index contributed by atoms with van der Waals surface area (Å²) >= 11 is 0. The largest absolute Gasteiger partial charge is 0.497 e. The number of para-hydroxylation sites is 1. The number of ether oxygens (including phenoxy) is 2. The second-order valence-electron chi connectivity index (χ2n) is 7.25. The number of nitrogens with one attached hydrogen (secondary N) is 2. The summed E-state index contributed by atoms with van der Waals surface area (Å²) in [7, 11) is 1.64. The third kappa shape index (κ3) is 5.01. The third-order valence-electron chi connectivity index (χ3n) is 4.93. The van der Waals surface area contributed by atoms with Crippen molar-refractivity contribution in [1.29, 1.82) is 0 Å². The van der Waals surface area contributed by atoms with Gasteiger partial charge in [-0.3, -0.25) is 4.79 Å². The molecule has 0 aromatic heterocycles. The van der Waals surface area contributed by atoms with Gasteiger partial charge in [0.2, 0.25) is 0 Å². The Hall–Kier alpha value is -2.53. The summed E-state index contributed by atoms with van der Waals surface area (Å²) in [5.41, 5.74) is 2.33. The zero-order valence-electron chi connectivity index (χ0n) is 16.2. The van der Waals surface area contributed by atoms with Gasteiger partial charge in [-0.1, -0.05) is 26.0 Å². The van der Waals surface area contributed by atoms with E-state index in [1.165, 1.54) is 0 Å². The van der Waals surface area contributed by atoms with E-state index in [2.05, 4.69) is 24.5 Å². The Morgan fingerprint density at radius 2 is 1.89 bits per heavy atom. The van der Waals surface area contributed by atoms with Crippen LogP contribution in [0.3, 0.4) is 0 Å². The van der Waals surface area contributed by atoms with Crippen molar-refractivity contribution in [3.05, 3.63) is 54.1 Å². The Labute approximate surface area is 161 Å². The van der Waals surface area contributed by atoms with Gasteiger partial charge in [0.05, 0.1) is 24.5 Å². The van der Waals surface area contributed by atoms with Gasteiger partial charge in [-0.15, -0.1) is 0 Å². The van der Waals surface area contributed by atoms with Gasteiger partial charge in [0, 0.05) is 18.3 Å². The van der Waals surface area contributed by atoms with E-state index < -0.39 is 0 Å². The van der Waals surface area contributed by atoms with Gasteiger partial charge >= 0.3 is 0 Å². The molecule has 0 unspecified atom stereocenters. The topological polar surface area (TPSA) is 59.6 Å². The molecule has 1 aliphatic rings. The molecule has 27 heavy (non-hydrogen) atoms. The molecular weight excluding hydrogens is 340 g/mol. The minimum atomic E-state index is -0.0546. The summed E-state index contributed by atoms with van der Waals surface area (Å²) in [6.07, 6.45) is 1.91. The van der Waals surface area contributed by atoms with Crippen LogP contribution in [-0.2, 0) is 4.74 Å². The molecule has 3 rings (SSSR count). The average Bonchev–Trinajstić information content (AvgIpc) is 2.69. The molecule has 0 radical (unpaired) electrons. The molecule has 0 aliphatic carbocycles. The molecule has 0 saturated carbocycles. The summed E-state index contributed by atoms with van der Waals surface area (Å²) in [5, 5.41) is 6.51. The highest BCUT2D eigenvalue weighted by Gasteiger charge is 2.26. The fraction of sp³-hybridized carbons (Fsp3) is 0.409. The van der Waals surface area contributed by atoms with Crippen molar-refractivity contribution < 1.29 is 14.3 Å². The molecule has 2 aromatic carbocycles. The highest BCUT2D eigenvalue weighted by Crippen LogP contribution is 2.24. The SMILES string of the molecule is COc1ccc(Nc2ccccc2C(=O)N[C@@H]2CCO[C@@H](C(C)C)C2)cc1. The number of carbonyl (C=O) groups is 1. The third-order valence-corrected chi connectivity index (χ3v) is 4.93. The Kier molecular flexibility index (Phi) is 6.35. The normalized spacial score (nSPS) is 19.6. The minimum absolute atomic E-state index is 0.0546. The molecule has 1 heterocycles. The maximum Gasteiger partial charge on any atom is 0.253 e. The van der Waals surface area contributed by atoms with E-state index in [0.717, 1.165) is 30.0 Å². The zero-order valence-corrected chi connectivity index (χ0v) is 16.2. The van der Waals surface area contributed by atoms with Crippen molar-refractivity contribution in [2.24, 2.45) is 5.92 Å². The molecule has 144 valence electrons. The van der Waals surface area contributed by atoms with Gasteiger partial charge in [-0.2, -0.15) is 0 Å². The van der Waals surface area contributed by atoms with Crippen molar-refractivity contribution in [2.45, 2.75) is 38.8 Å². The van der Waals surface area contributed by atoms with Crippen molar-refractivity contribution in [2.75, 3.05) is 19.0 Å². The lowest BCUT2D eigenvalue weighted by molar-refractivity contribution is -0.0233. The fourth-order valence-electron chi connectivity index (χ4n) is 3.31. The summed E-state index contributed by atoms with van der Waals surface area (Å²) in [6.45, 7) is 5.01. The monoisotopic (exact) mass is 368 g/mol. The molecular formula is C22H28N2O3. The lowest BCUT2D eigenvalue weighted by Gasteiger charge is -2.32. The molecule has 5 nitrogen and oxygen atoms in total. The van der Waals surface area contributed by atoms with E-state index in [1.807, 2.05) is 48.5 Å². The lowest BCUT2D eigenvalue weighted by atomic mass is 9.95. The lowest BCUT2D eigenvalue weighted by Crippen LogP contribution is -2.43. The van der Waals surface area contributed by atoms with Gasteiger partial charge in [0.1, 0.15) is 5.75 Å². The molecule has 0 spiro atoms. The van der Waals surface area contributed by atoms with Crippen molar-refractivity contribution in [1.82, 2.24) is 5.32 Å². The second-order valence-corrected chi connectivity index (χ2v) is 7.25. The molecule has 1 aliphatic heterocycles. The number of amides is 1. The van der Waals surface area contributed by atoms with Crippen LogP contribution in [0.1, 0.15) is 37.0 Å². The highest BCUT2D eigenvalue weighted by molar-refractivity contribution is 6.00. The number of benzene rings is 2. The first-order valence-corrected chi connectivity index (χ1v) is 9.49. The number of hydrogen-bond acceptors (Lipinski definition) is 4. The number of rotatable bonds is 6. The summed E-state index contributed by atoms with van der Waals surface area (Å²) in [6, 6.07) is 15.4. The minimum Gasteiger partial charge on any atom is -0.497 e. The first-order valence-electron chi connectivity index (χ1n) is 9.49. The first kappa shape index (κ1) is 19.2. The highest BCUT2D eigenvalue weighted by atomic mass is 16.5. The number of hydrogen-bond donors (Lipinski definition) is 2. The predicted molar refractivity (Wildman–Crippen MR) is 108 cm³/mol. The molecule has 1 fully saturated rings. The van der Waals surface area contributed by atoms with E-state index in [9.17, 15) is 4.79 Å². The van der Waals surface area contributed by atoms with Gasteiger partial charge in [-0.25, -0.2) is 0 Å². The number of anilines is 2. The standard InChI is InChI=1S/C22H28N2O3/c1-15(2)21-14-17(12-13-27-21)24-22(25)19-6-4-5-7-20(19)23-16-8-10-18(26-3)11-9-16/h4-11,15,17,21,23H,12-14H2,1-3H3,(H,24,25)/t17-,21-/m1/s1. The molecule has 0 bridgehead atoms. The maximum atomic E-state index is 12.9. The average molecular weight is 368 g/mol. The van der Waals surface area contributed by atoms with Gasteiger partial charge in [0.15, 0.2) is 0 Å². The molecule has 2 N–H and O–H groups in total. The summed E-state index contributed by atoms with van der Waals surface area (Å²) in [5.74, 6) is 1.19. The Bertz CT molecular complexity index is 758. The molecule has 2 atom stereocenters. The van der Waals surface area contributed by atoms with Gasteiger partial charge in [-0.05, 0) is 55.2 Å². The zero-order chi connectivity index (χ0) is 19.2. The van der Waals surface area contributed by atoms with E-state index in [1.54, 1.807) is 7.11 Å². The van der Waals surface area contributed by atoms with Crippen LogP contribution in [0, 0.1) is 5.92 Å². The second kappa shape index (κ2) is 8.91. The smallest absolute Gasteiger partial charge is 0.253 e. The van der Waals surface area contributed by atoms with Crippen molar-refractivity contribution in [3.8, 4) is 5.75 Å². The first-order chi connectivity index (χ1) is 13.1. The van der Waals surface area contributed by atoms with Crippen LogP contribution in [0.25, 0.3) is 0 Å². The predicted octanol–water partition coefficient (Wildman–Crippen LogP) is 4.37. The van der Waals surface area contributed by atoms with Crippen LogP contribution < -0.4 is 15.4 Å². The van der Waals surface area contributed by atoms with Crippen LogP contribution in [-0.4, -0.2) is 31.8 Å². The Balaban J connectivity index is 1.69. The number of methoxy groups -OCH3 is 1. The van der Waals surface area contributed by atoms with E-state index in [4.69, 9.17) is 9.47 Å². The van der Waals surface area contributed by atoms with E-state index in [-0.39, 0.29) is 18.1 Å². The van der Waals surface area contributed by atoms with Crippen molar-refractivity contribution >= 4 is 17.3 Å². The van der Waals surface area contributed by atoms with E-state index >= 15 is 0 Å². The molecule has 1 amide bonds. The Morgan fingerprint density at radius 1 is 1.15 bits per heavy atom. The van der Waals surface area contributed by atoms with E-state index in [0.29, 0.717) is 18.1 Å². The Morgan fingerprint density at radius 3 is 2.59 bits per heavy atom. The van der Waals surface area contributed by atoms with Crippen LogP contribution in [0.2, 0.25) is 0 Å². The van der Waals surface area contributed by atoms with Crippen LogP contribution in [0.4, 0.5) is 11.4 Å². The molecule has 2 aromatic rings. The molecule has 5 heteroatoms. The van der Waals surface area contributed by atoms with Gasteiger partial charge < -0.3 is 20.1 Å². The van der Waals surface area contributed by atoms with Crippen LogP contribution in [0.15, 0.2) is 48.5 Å². The summed E-state index contributed by atoms with van der Waals surface area (Å²) < 4.78 is 11.0. The molecule has 1 saturated heterocycles. The maximum absolute atomic E-state index is 12.9. The fourth-order valence-corrected chi connectivity index (χ4v) is 3.31. The summed E-state index contributed by atoms with van der Waals surface area (Å²) in [4.78, 5) is 12.9. The number of carbonyl (C=O) groups excluding carboxylic acids is 1. The van der Waals surface area contributed by atoms with Gasteiger partial charge in [0.25, 0.3) is 5.91 Å². The van der Waals surface area contributed by atoms with Crippen molar-refractivity contribution in [3.63, 3.8) is 0 Å². The quantitative estimate of drug-likeness (QED) is 0.795. The van der Waals surface area contributed by atoms with Crippen LogP contribution in [0.5, 0.6) is 5.75 Å². The van der Waals surface area contributed by atoms with Crippen LogP contribution >= 0.6 is 0 Å².